The van der Waals surface area contributed by atoms with Crippen LogP contribution in [0.4, 0.5) is 0 Å². The Bertz CT molecular complexity index is 310. The van der Waals surface area contributed by atoms with E-state index in [0.29, 0.717) is 32.7 Å². The number of hydrazine groups is 1. The normalized spacial score (nSPS) is 12.0. The molecule has 0 amide bonds. The molecule has 0 heterocycles. The molecule has 176 valence electrons. The summed E-state index contributed by atoms with van der Waals surface area (Å²) in [6.45, 7) is 15.1. The average molecular weight is 420 g/mol. The second-order valence-electron chi connectivity index (χ2n) is 7.02. The molecule has 0 atom stereocenters. The summed E-state index contributed by atoms with van der Waals surface area (Å²) in [5.41, 5.74) is 31.6. The molecule has 0 aliphatic rings. The first kappa shape index (κ1) is 28.6. The molecule has 0 unspecified atom stereocenters. The number of rotatable bonds is 23. The molecule has 0 radical (unpaired) electrons. The maximum Gasteiger partial charge on any atom is 0.0259 e. The molecule has 11 heteroatoms. The van der Waals surface area contributed by atoms with E-state index in [0.717, 1.165) is 85.1 Å². The van der Waals surface area contributed by atoms with Gasteiger partial charge in [-0.05, 0) is 0 Å². The van der Waals surface area contributed by atoms with Gasteiger partial charge in [-0.3, -0.25) is 15.2 Å². The summed E-state index contributed by atoms with van der Waals surface area (Å²) in [5.74, 6) is 0. The van der Waals surface area contributed by atoms with Crippen molar-refractivity contribution in [3.05, 3.63) is 0 Å². The molecule has 0 aliphatic carbocycles. The summed E-state index contributed by atoms with van der Waals surface area (Å²) in [6, 6.07) is 0. The lowest BCUT2D eigenvalue weighted by atomic mass is 10.4. The maximum atomic E-state index is 5.68. The van der Waals surface area contributed by atoms with E-state index in [2.05, 4.69) is 30.9 Å². The van der Waals surface area contributed by atoms with Gasteiger partial charge in [-0.1, -0.05) is 0 Å². The number of nitrogens with one attached hydrogen (secondary N) is 3. The van der Waals surface area contributed by atoms with E-state index in [1.54, 1.807) is 0 Å². The molecule has 0 saturated carbocycles. The minimum atomic E-state index is 0.620. The fourth-order valence-corrected chi connectivity index (χ4v) is 3.03. The zero-order chi connectivity index (χ0) is 21.6. The molecule has 0 spiro atoms. The highest BCUT2D eigenvalue weighted by Gasteiger charge is 2.08. The molecular weight excluding hydrogens is 370 g/mol. The topological polar surface area (TPSA) is 176 Å². The van der Waals surface area contributed by atoms with Crippen LogP contribution in [0.1, 0.15) is 0 Å². The molecule has 0 aromatic rings. The first-order valence-electron chi connectivity index (χ1n) is 11.1. The van der Waals surface area contributed by atoms with Crippen molar-refractivity contribution in [2.24, 2.45) is 28.7 Å². The van der Waals surface area contributed by atoms with Crippen LogP contribution in [0.25, 0.3) is 0 Å². The van der Waals surface area contributed by atoms with Crippen molar-refractivity contribution in [3.63, 3.8) is 0 Å². The van der Waals surface area contributed by atoms with Crippen LogP contribution in [0.3, 0.4) is 0 Å². The Morgan fingerprint density at radius 3 is 1.38 bits per heavy atom. The van der Waals surface area contributed by atoms with Gasteiger partial charge >= 0.3 is 0 Å². The van der Waals surface area contributed by atoms with Gasteiger partial charge in [0.25, 0.3) is 0 Å². The highest BCUT2D eigenvalue weighted by molar-refractivity contribution is 4.65. The lowest BCUT2D eigenvalue weighted by Crippen LogP contribution is -2.48. The summed E-state index contributed by atoms with van der Waals surface area (Å²) in [5, 5.41) is 9.17. The molecule has 13 N–H and O–H groups in total. The summed E-state index contributed by atoms with van der Waals surface area (Å²) in [4.78, 5) is 4.59. The third-order valence-corrected chi connectivity index (χ3v) is 4.59. The number of nitrogens with two attached hydrogens (primary N) is 5. The molecule has 0 fully saturated rings. The van der Waals surface area contributed by atoms with Crippen molar-refractivity contribution < 1.29 is 0 Å². The predicted octanol–water partition coefficient (Wildman–Crippen LogP) is -4.63. The van der Waals surface area contributed by atoms with E-state index >= 15 is 0 Å². The Hall–Kier alpha value is -0.440. The van der Waals surface area contributed by atoms with Gasteiger partial charge in [-0.25, -0.2) is 5.01 Å². The lowest BCUT2D eigenvalue weighted by molar-refractivity contribution is 0.157. The Morgan fingerprint density at radius 2 is 0.897 bits per heavy atom. The first-order chi connectivity index (χ1) is 14.2. The van der Waals surface area contributed by atoms with Crippen molar-refractivity contribution in [2.75, 3.05) is 118 Å². The Balaban J connectivity index is 3.89. The molecule has 0 aromatic heterocycles. The molecule has 0 saturated heterocycles. The quantitative estimate of drug-likeness (QED) is 0.0590. The van der Waals surface area contributed by atoms with Gasteiger partial charge in [-0.2, -0.15) is 0 Å². The average Bonchev–Trinajstić information content (AvgIpc) is 2.71. The molecule has 11 nitrogen and oxygen atoms in total. The van der Waals surface area contributed by atoms with Crippen LogP contribution < -0.4 is 44.7 Å². The highest BCUT2D eigenvalue weighted by atomic mass is 15.5. The summed E-state index contributed by atoms with van der Waals surface area (Å²) in [6.07, 6.45) is 0. The third kappa shape index (κ3) is 18.1. The van der Waals surface area contributed by atoms with Gasteiger partial charge in [0.05, 0.1) is 0 Å². The summed E-state index contributed by atoms with van der Waals surface area (Å²) >= 11 is 0. The highest BCUT2D eigenvalue weighted by Crippen LogP contribution is 1.89. The Kier molecular flexibility index (Phi) is 21.9. The number of hydrogen-bond donors (Lipinski definition) is 8. The maximum absolute atomic E-state index is 5.68. The monoisotopic (exact) mass is 419 g/mol. The van der Waals surface area contributed by atoms with Crippen molar-refractivity contribution in [2.45, 2.75) is 0 Å². The second kappa shape index (κ2) is 22.2. The lowest BCUT2D eigenvalue weighted by Gasteiger charge is -2.27. The minimum Gasteiger partial charge on any atom is -0.329 e. The Morgan fingerprint density at radius 1 is 0.414 bits per heavy atom. The largest absolute Gasteiger partial charge is 0.329 e. The zero-order valence-corrected chi connectivity index (χ0v) is 18.5. The Labute approximate surface area is 178 Å². The van der Waals surface area contributed by atoms with Gasteiger partial charge in [-0.15, -0.1) is 0 Å². The first-order valence-corrected chi connectivity index (χ1v) is 11.1. The molecular formula is C18H49N11. The van der Waals surface area contributed by atoms with E-state index in [-0.39, 0.29) is 0 Å². The van der Waals surface area contributed by atoms with Gasteiger partial charge in [0, 0.05) is 118 Å². The van der Waals surface area contributed by atoms with Crippen molar-refractivity contribution >= 4 is 0 Å². The van der Waals surface area contributed by atoms with Gasteiger partial charge in [0.2, 0.25) is 0 Å². The SMILES string of the molecule is NCCNN(CCNCCNCCN(CCN)CCN)CCN(CCN)CCN. The molecule has 0 bridgehead atoms. The fraction of sp³-hybridized carbons (Fsp3) is 1.00. The van der Waals surface area contributed by atoms with E-state index in [4.69, 9.17) is 28.7 Å². The van der Waals surface area contributed by atoms with E-state index in [1.165, 1.54) is 0 Å². The molecule has 29 heavy (non-hydrogen) atoms. The smallest absolute Gasteiger partial charge is 0.0259 e. The number of nitrogens with zero attached hydrogens (tertiary/aromatic N) is 3. The molecule has 0 aliphatic heterocycles. The van der Waals surface area contributed by atoms with E-state index < -0.39 is 0 Å². The van der Waals surface area contributed by atoms with Crippen LogP contribution in [0, 0.1) is 0 Å². The van der Waals surface area contributed by atoms with Crippen molar-refractivity contribution in [1.29, 1.82) is 0 Å². The minimum absolute atomic E-state index is 0.620. The van der Waals surface area contributed by atoms with Crippen LogP contribution in [-0.2, 0) is 0 Å². The third-order valence-electron chi connectivity index (χ3n) is 4.59. The second-order valence-corrected chi connectivity index (χ2v) is 7.02. The summed E-state index contributed by atoms with van der Waals surface area (Å²) < 4.78 is 0. The molecule has 0 rings (SSSR count). The van der Waals surface area contributed by atoms with E-state index in [9.17, 15) is 0 Å². The fourth-order valence-electron chi connectivity index (χ4n) is 3.03. The van der Waals surface area contributed by atoms with Crippen LogP contribution in [0.5, 0.6) is 0 Å². The van der Waals surface area contributed by atoms with Crippen molar-refractivity contribution in [1.82, 2.24) is 30.9 Å². The van der Waals surface area contributed by atoms with Crippen LogP contribution in [0.2, 0.25) is 0 Å². The van der Waals surface area contributed by atoms with Crippen molar-refractivity contribution in [3.8, 4) is 0 Å². The predicted molar refractivity (Wildman–Crippen MR) is 123 cm³/mol. The summed E-state index contributed by atoms with van der Waals surface area (Å²) in [7, 11) is 0. The van der Waals surface area contributed by atoms with Crippen LogP contribution in [0.15, 0.2) is 0 Å². The zero-order valence-electron chi connectivity index (χ0n) is 18.5. The van der Waals surface area contributed by atoms with Gasteiger partial charge in [0.15, 0.2) is 0 Å². The standard InChI is InChI=1S/C18H49N11/c19-1-6-26-29(18-17-28(13-4-22)14-5-23)16-10-25-8-7-24-9-15-27(11-2-20)12-3-21/h24-26H,1-23H2. The van der Waals surface area contributed by atoms with Gasteiger partial charge < -0.3 is 39.3 Å². The van der Waals surface area contributed by atoms with Gasteiger partial charge in [0.1, 0.15) is 0 Å². The molecule has 0 aromatic carbocycles. The van der Waals surface area contributed by atoms with Crippen LogP contribution in [-0.4, -0.2) is 133 Å². The number of hydrogen-bond acceptors (Lipinski definition) is 11. The van der Waals surface area contributed by atoms with Crippen LogP contribution >= 0.6 is 0 Å². The van der Waals surface area contributed by atoms with E-state index in [1.807, 2.05) is 0 Å².